The molecule has 0 atom stereocenters. The van der Waals surface area contributed by atoms with Gasteiger partial charge in [-0.3, -0.25) is 19.7 Å². The van der Waals surface area contributed by atoms with Crippen molar-refractivity contribution in [3.63, 3.8) is 0 Å². The molecule has 0 unspecified atom stereocenters. The van der Waals surface area contributed by atoms with E-state index in [0.717, 1.165) is 0 Å². The predicted octanol–water partition coefficient (Wildman–Crippen LogP) is 0.599. The number of hydrogen-bond acceptors (Lipinski definition) is 5. The fourth-order valence-electron chi connectivity index (χ4n) is 2.18. The van der Waals surface area contributed by atoms with Crippen LogP contribution in [0.25, 0.3) is 0 Å². The first-order chi connectivity index (χ1) is 10.0. The highest BCUT2D eigenvalue weighted by atomic mass is 16.6. The number of hydrogen-bond donors (Lipinski definition) is 2. The SMILES string of the molecule is CNc1ccc([N+](=O)[O-])cc1C(=O)N1CCNC(=O)CC1. The third-order valence-corrected chi connectivity index (χ3v) is 3.31. The number of amides is 2. The zero-order valence-corrected chi connectivity index (χ0v) is 11.6. The molecule has 1 saturated heterocycles. The Balaban J connectivity index is 2.30. The molecule has 1 aliphatic heterocycles. The average molecular weight is 292 g/mol. The fraction of sp³-hybridized carbons (Fsp3) is 0.385. The van der Waals surface area contributed by atoms with Gasteiger partial charge < -0.3 is 15.5 Å². The Morgan fingerprint density at radius 2 is 2.19 bits per heavy atom. The lowest BCUT2D eigenvalue weighted by molar-refractivity contribution is -0.384. The summed E-state index contributed by atoms with van der Waals surface area (Å²) in [5, 5.41) is 16.4. The molecule has 1 aromatic carbocycles. The molecule has 2 N–H and O–H groups in total. The van der Waals surface area contributed by atoms with Gasteiger partial charge in [-0.25, -0.2) is 0 Å². The molecule has 8 heteroatoms. The van der Waals surface area contributed by atoms with Crippen LogP contribution in [0.4, 0.5) is 11.4 Å². The summed E-state index contributed by atoms with van der Waals surface area (Å²) in [6.45, 7) is 1.07. The summed E-state index contributed by atoms with van der Waals surface area (Å²) < 4.78 is 0. The molecule has 0 aliphatic carbocycles. The number of anilines is 1. The third-order valence-electron chi connectivity index (χ3n) is 3.31. The largest absolute Gasteiger partial charge is 0.387 e. The zero-order valence-electron chi connectivity index (χ0n) is 11.6. The zero-order chi connectivity index (χ0) is 15.4. The molecule has 21 heavy (non-hydrogen) atoms. The van der Waals surface area contributed by atoms with Crippen molar-refractivity contribution < 1.29 is 14.5 Å². The van der Waals surface area contributed by atoms with E-state index in [1.807, 2.05) is 0 Å². The Labute approximate surface area is 121 Å². The van der Waals surface area contributed by atoms with Crippen LogP contribution in [0.5, 0.6) is 0 Å². The minimum Gasteiger partial charge on any atom is -0.387 e. The van der Waals surface area contributed by atoms with Crippen molar-refractivity contribution in [3.8, 4) is 0 Å². The summed E-state index contributed by atoms with van der Waals surface area (Å²) >= 11 is 0. The van der Waals surface area contributed by atoms with Gasteiger partial charge in [0.05, 0.1) is 10.5 Å². The normalized spacial score (nSPS) is 15.1. The standard InChI is InChI=1S/C13H16N4O4/c1-14-11-3-2-9(17(20)21)8-10(11)13(19)16-6-4-12(18)15-5-7-16/h2-3,8,14H,4-7H2,1H3,(H,15,18). The average Bonchev–Trinajstić information content (AvgIpc) is 2.70. The van der Waals surface area contributed by atoms with Gasteiger partial charge in [0.2, 0.25) is 5.91 Å². The molecule has 2 rings (SSSR count). The van der Waals surface area contributed by atoms with Gasteiger partial charge in [-0.15, -0.1) is 0 Å². The van der Waals surface area contributed by atoms with Gasteiger partial charge in [0.15, 0.2) is 0 Å². The van der Waals surface area contributed by atoms with E-state index in [2.05, 4.69) is 10.6 Å². The second kappa shape index (κ2) is 6.21. The number of nitro benzene ring substituents is 1. The topological polar surface area (TPSA) is 105 Å². The minimum atomic E-state index is -0.538. The van der Waals surface area contributed by atoms with Gasteiger partial charge in [0.25, 0.3) is 11.6 Å². The first kappa shape index (κ1) is 14.8. The number of nitrogens with zero attached hydrogens (tertiary/aromatic N) is 2. The molecule has 0 radical (unpaired) electrons. The number of benzene rings is 1. The lowest BCUT2D eigenvalue weighted by Gasteiger charge is -2.21. The summed E-state index contributed by atoms with van der Waals surface area (Å²) in [6, 6.07) is 4.11. The van der Waals surface area contributed by atoms with Crippen molar-refractivity contribution in [1.29, 1.82) is 0 Å². The summed E-state index contributed by atoms with van der Waals surface area (Å²) in [5.74, 6) is -0.419. The quantitative estimate of drug-likeness (QED) is 0.627. The van der Waals surface area contributed by atoms with E-state index in [4.69, 9.17) is 0 Å². The molecule has 0 aromatic heterocycles. The van der Waals surface area contributed by atoms with E-state index in [9.17, 15) is 19.7 Å². The number of carbonyl (C=O) groups is 2. The predicted molar refractivity (Wildman–Crippen MR) is 76.2 cm³/mol. The molecule has 0 bridgehead atoms. The van der Waals surface area contributed by atoms with E-state index in [1.165, 1.54) is 23.1 Å². The molecule has 0 spiro atoms. The number of rotatable bonds is 3. The molecular formula is C13H16N4O4. The fourth-order valence-corrected chi connectivity index (χ4v) is 2.18. The highest BCUT2D eigenvalue weighted by molar-refractivity contribution is 6.00. The van der Waals surface area contributed by atoms with Crippen LogP contribution in [0.1, 0.15) is 16.8 Å². The Hall–Kier alpha value is -2.64. The molecule has 112 valence electrons. The summed E-state index contributed by atoms with van der Waals surface area (Å²) in [5.41, 5.74) is 0.622. The van der Waals surface area contributed by atoms with E-state index in [0.29, 0.717) is 25.3 Å². The van der Waals surface area contributed by atoms with Crippen molar-refractivity contribution >= 4 is 23.2 Å². The molecule has 8 nitrogen and oxygen atoms in total. The van der Waals surface area contributed by atoms with Gasteiger partial charge in [-0.1, -0.05) is 0 Å². The molecule has 1 aliphatic rings. The van der Waals surface area contributed by atoms with Gasteiger partial charge in [-0.05, 0) is 6.07 Å². The number of carbonyl (C=O) groups excluding carboxylic acids is 2. The van der Waals surface area contributed by atoms with Crippen LogP contribution in [0, 0.1) is 10.1 Å². The van der Waals surface area contributed by atoms with Gasteiger partial charge in [0.1, 0.15) is 0 Å². The summed E-state index contributed by atoms with van der Waals surface area (Å²) in [7, 11) is 1.64. The summed E-state index contributed by atoms with van der Waals surface area (Å²) in [6.07, 6.45) is 0.232. The molecule has 1 aromatic rings. The number of nitrogens with one attached hydrogen (secondary N) is 2. The van der Waals surface area contributed by atoms with Crippen molar-refractivity contribution in [1.82, 2.24) is 10.2 Å². The van der Waals surface area contributed by atoms with Crippen molar-refractivity contribution in [2.45, 2.75) is 6.42 Å². The van der Waals surface area contributed by atoms with Crippen LogP contribution in [-0.2, 0) is 4.79 Å². The maximum atomic E-state index is 12.5. The van der Waals surface area contributed by atoms with E-state index < -0.39 is 4.92 Å². The highest BCUT2D eigenvalue weighted by Gasteiger charge is 2.23. The van der Waals surface area contributed by atoms with Crippen molar-refractivity contribution in [2.75, 3.05) is 32.0 Å². The van der Waals surface area contributed by atoms with Gasteiger partial charge in [-0.2, -0.15) is 0 Å². The number of non-ortho nitro benzene ring substituents is 1. The lowest BCUT2D eigenvalue weighted by atomic mass is 10.1. The first-order valence-corrected chi connectivity index (χ1v) is 6.55. The Morgan fingerprint density at radius 3 is 2.86 bits per heavy atom. The van der Waals surface area contributed by atoms with Crippen LogP contribution in [0.2, 0.25) is 0 Å². The molecule has 1 heterocycles. The van der Waals surface area contributed by atoms with E-state index >= 15 is 0 Å². The monoisotopic (exact) mass is 292 g/mol. The Bertz CT molecular complexity index is 588. The molecular weight excluding hydrogens is 276 g/mol. The molecule has 2 amide bonds. The maximum absolute atomic E-state index is 12.5. The van der Waals surface area contributed by atoms with Gasteiger partial charge in [0, 0.05) is 50.9 Å². The van der Waals surface area contributed by atoms with Crippen LogP contribution in [0.3, 0.4) is 0 Å². The highest BCUT2D eigenvalue weighted by Crippen LogP contribution is 2.23. The first-order valence-electron chi connectivity index (χ1n) is 6.55. The van der Waals surface area contributed by atoms with Crippen molar-refractivity contribution in [3.05, 3.63) is 33.9 Å². The second-order valence-electron chi connectivity index (χ2n) is 4.63. The molecule has 0 saturated carbocycles. The van der Waals surface area contributed by atoms with Crippen LogP contribution in [-0.4, -0.2) is 48.3 Å². The van der Waals surface area contributed by atoms with Crippen LogP contribution >= 0.6 is 0 Å². The third kappa shape index (κ3) is 3.28. The van der Waals surface area contributed by atoms with E-state index in [1.54, 1.807) is 7.05 Å². The number of nitro groups is 1. The lowest BCUT2D eigenvalue weighted by Crippen LogP contribution is -2.34. The van der Waals surface area contributed by atoms with Gasteiger partial charge >= 0.3 is 0 Å². The summed E-state index contributed by atoms with van der Waals surface area (Å²) in [4.78, 5) is 35.7. The minimum absolute atomic E-state index is 0.0989. The second-order valence-corrected chi connectivity index (χ2v) is 4.63. The Morgan fingerprint density at radius 1 is 1.43 bits per heavy atom. The van der Waals surface area contributed by atoms with Crippen LogP contribution < -0.4 is 10.6 Å². The van der Waals surface area contributed by atoms with Crippen molar-refractivity contribution in [2.24, 2.45) is 0 Å². The maximum Gasteiger partial charge on any atom is 0.270 e. The van der Waals surface area contributed by atoms with Crippen LogP contribution in [0.15, 0.2) is 18.2 Å². The molecule has 1 fully saturated rings. The Kier molecular flexibility index (Phi) is 4.36. The van der Waals surface area contributed by atoms with E-state index in [-0.39, 0.29) is 29.5 Å². The smallest absolute Gasteiger partial charge is 0.270 e.